The lowest BCUT2D eigenvalue weighted by atomic mass is 9.89. The number of aliphatic hydroxyl groups is 1. The Morgan fingerprint density at radius 2 is 1.92 bits per heavy atom. The van der Waals surface area contributed by atoms with E-state index < -0.39 is 0 Å². The van der Waals surface area contributed by atoms with E-state index in [1.165, 1.54) is 18.9 Å². The van der Waals surface area contributed by atoms with Gasteiger partial charge in [-0.3, -0.25) is 4.79 Å². The molecular formula is C19H27ClN2O3. The van der Waals surface area contributed by atoms with Crippen molar-refractivity contribution in [3.05, 3.63) is 28.8 Å². The van der Waals surface area contributed by atoms with Crippen LogP contribution in [-0.4, -0.2) is 65.3 Å². The number of rotatable bonds is 5. The molecule has 0 saturated carbocycles. The summed E-state index contributed by atoms with van der Waals surface area (Å²) in [5, 5.41) is 19.4. The van der Waals surface area contributed by atoms with Gasteiger partial charge in [0.1, 0.15) is 5.75 Å². The Labute approximate surface area is 154 Å². The number of phenols is 1. The van der Waals surface area contributed by atoms with Gasteiger partial charge in [-0.1, -0.05) is 17.7 Å². The fraction of sp³-hybridized carbons (Fsp3) is 0.632. The van der Waals surface area contributed by atoms with E-state index >= 15 is 0 Å². The van der Waals surface area contributed by atoms with Gasteiger partial charge in [0.05, 0.1) is 11.4 Å². The van der Waals surface area contributed by atoms with Crippen molar-refractivity contribution in [2.75, 3.05) is 39.3 Å². The van der Waals surface area contributed by atoms with Crippen LogP contribution in [-0.2, 0) is 11.2 Å². The van der Waals surface area contributed by atoms with Crippen molar-refractivity contribution in [2.45, 2.75) is 25.7 Å². The molecule has 2 N–H and O–H groups in total. The topological polar surface area (TPSA) is 64.0 Å². The lowest BCUT2D eigenvalue weighted by Crippen LogP contribution is -2.48. The van der Waals surface area contributed by atoms with Gasteiger partial charge >= 0.3 is 0 Å². The number of aromatic hydroxyl groups is 1. The SMILES string of the molecule is O=C(Cc1ccc(O)c(Cl)c1)N1CC(CO)CC(CN2CCCC2)C1. The van der Waals surface area contributed by atoms with E-state index in [4.69, 9.17) is 11.6 Å². The number of nitrogens with zero attached hydrogens (tertiary/aromatic N) is 2. The van der Waals surface area contributed by atoms with Crippen molar-refractivity contribution in [1.82, 2.24) is 9.80 Å². The van der Waals surface area contributed by atoms with Crippen LogP contribution in [0.3, 0.4) is 0 Å². The molecule has 25 heavy (non-hydrogen) atoms. The maximum Gasteiger partial charge on any atom is 0.227 e. The summed E-state index contributed by atoms with van der Waals surface area (Å²) in [4.78, 5) is 17.1. The van der Waals surface area contributed by atoms with E-state index in [1.807, 2.05) is 4.90 Å². The first-order valence-corrected chi connectivity index (χ1v) is 9.51. The summed E-state index contributed by atoms with van der Waals surface area (Å²) < 4.78 is 0. The average Bonchev–Trinajstić information content (AvgIpc) is 3.10. The van der Waals surface area contributed by atoms with Crippen molar-refractivity contribution in [3.8, 4) is 5.75 Å². The minimum absolute atomic E-state index is 0.0295. The average molecular weight is 367 g/mol. The maximum atomic E-state index is 12.7. The predicted octanol–water partition coefficient (Wildman–Crippen LogP) is 2.14. The molecular weight excluding hydrogens is 340 g/mol. The van der Waals surface area contributed by atoms with Gasteiger partial charge in [0, 0.05) is 26.2 Å². The Balaban J connectivity index is 1.62. The molecule has 0 bridgehead atoms. The Hall–Kier alpha value is -1.30. The molecule has 1 amide bonds. The third-order valence-electron chi connectivity index (χ3n) is 5.32. The van der Waals surface area contributed by atoms with E-state index in [2.05, 4.69) is 4.90 Å². The second-order valence-corrected chi connectivity index (χ2v) is 7.83. The number of likely N-dealkylation sites (tertiary alicyclic amines) is 2. The summed E-state index contributed by atoms with van der Waals surface area (Å²) >= 11 is 5.93. The van der Waals surface area contributed by atoms with Gasteiger partial charge in [-0.25, -0.2) is 0 Å². The number of hydrogen-bond donors (Lipinski definition) is 2. The zero-order valence-corrected chi connectivity index (χ0v) is 15.3. The zero-order valence-electron chi connectivity index (χ0n) is 14.5. The number of benzene rings is 1. The summed E-state index contributed by atoms with van der Waals surface area (Å²) in [5.41, 5.74) is 0.801. The molecule has 0 aliphatic carbocycles. The summed E-state index contributed by atoms with van der Waals surface area (Å²) in [6.07, 6.45) is 3.79. The van der Waals surface area contributed by atoms with Gasteiger partial charge in [0.25, 0.3) is 0 Å². The fourth-order valence-electron chi connectivity index (χ4n) is 4.06. The Morgan fingerprint density at radius 1 is 1.20 bits per heavy atom. The lowest BCUT2D eigenvalue weighted by Gasteiger charge is -2.38. The number of halogens is 1. The van der Waals surface area contributed by atoms with Gasteiger partial charge in [0.2, 0.25) is 5.91 Å². The van der Waals surface area contributed by atoms with Crippen LogP contribution in [0.25, 0.3) is 0 Å². The largest absolute Gasteiger partial charge is 0.506 e. The van der Waals surface area contributed by atoms with Crippen LogP contribution < -0.4 is 0 Å². The van der Waals surface area contributed by atoms with Crippen molar-refractivity contribution in [2.24, 2.45) is 11.8 Å². The van der Waals surface area contributed by atoms with Crippen molar-refractivity contribution < 1.29 is 15.0 Å². The first-order chi connectivity index (χ1) is 12.0. The highest BCUT2D eigenvalue weighted by Crippen LogP contribution is 2.26. The van der Waals surface area contributed by atoms with Crippen LogP contribution in [0, 0.1) is 11.8 Å². The van der Waals surface area contributed by atoms with Crippen LogP contribution in [0.1, 0.15) is 24.8 Å². The molecule has 138 valence electrons. The molecule has 5 nitrogen and oxygen atoms in total. The van der Waals surface area contributed by atoms with Crippen LogP contribution in [0.2, 0.25) is 5.02 Å². The number of phenolic OH excluding ortho intramolecular Hbond substituents is 1. The zero-order chi connectivity index (χ0) is 17.8. The van der Waals surface area contributed by atoms with E-state index in [1.54, 1.807) is 12.1 Å². The third kappa shape index (κ3) is 4.87. The highest BCUT2D eigenvalue weighted by molar-refractivity contribution is 6.32. The van der Waals surface area contributed by atoms with Crippen LogP contribution in [0.5, 0.6) is 5.75 Å². The van der Waals surface area contributed by atoms with E-state index in [-0.39, 0.29) is 35.6 Å². The molecule has 1 aromatic carbocycles. The molecule has 2 aliphatic heterocycles. The molecule has 1 aromatic rings. The van der Waals surface area contributed by atoms with Gasteiger partial charge in [-0.2, -0.15) is 0 Å². The number of aliphatic hydroxyl groups excluding tert-OH is 1. The van der Waals surface area contributed by atoms with Crippen LogP contribution in [0.4, 0.5) is 0 Å². The molecule has 2 saturated heterocycles. The molecule has 2 atom stereocenters. The Bertz CT molecular complexity index is 604. The quantitative estimate of drug-likeness (QED) is 0.838. The standard InChI is InChI=1S/C19H27ClN2O3/c20-17-8-14(3-4-18(17)24)9-19(25)22-11-15(7-16(12-22)13-23)10-21-5-1-2-6-21/h3-4,8,15-16,23-24H,1-2,5-7,9-13H2. The lowest BCUT2D eigenvalue weighted by molar-refractivity contribution is -0.134. The van der Waals surface area contributed by atoms with Crippen molar-refractivity contribution in [1.29, 1.82) is 0 Å². The normalized spacial score (nSPS) is 24.6. The smallest absolute Gasteiger partial charge is 0.227 e. The molecule has 0 aromatic heterocycles. The molecule has 2 aliphatic rings. The van der Waals surface area contributed by atoms with E-state index in [9.17, 15) is 15.0 Å². The van der Waals surface area contributed by atoms with Gasteiger partial charge in [-0.05, 0) is 61.9 Å². The maximum absolute atomic E-state index is 12.7. The molecule has 6 heteroatoms. The van der Waals surface area contributed by atoms with Gasteiger partial charge in [-0.15, -0.1) is 0 Å². The third-order valence-corrected chi connectivity index (χ3v) is 5.62. The molecule has 2 fully saturated rings. The first kappa shape index (κ1) is 18.5. The summed E-state index contributed by atoms with van der Waals surface area (Å²) in [5.74, 6) is 0.679. The predicted molar refractivity (Wildman–Crippen MR) is 97.8 cm³/mol. The molecule has 2 heterocycles. The van der Waals surface area contributed by atoms with E-state index in [0.717, 1.165) is 38.2 Å². The van der Waals surface area contributed by atoms with Crippen LogP contribution in [0.15, 0.2) is 18.2 Å². The number of carbonyl (C=O) groups is 1. The summed E-state index contributed by atoms with van der Waals surface area (Å²) in [7, 11) is 0. The van der Waals surface area contributed by atoms with Gasteiger partial charge in [0.15, 0.2) is 0 Å². The van der Waals surface area contributed by atoms with Gasteiger partial charge < -0.3 is 20.0 Å². The monoisotopic (exact) mass is 366 g/mol. The Kier molecular flexibility index (Phi) is 6.20. The highest BCUT2D eigenvalue weighted by atomic mass is 35.5. The minimum atomic E-state index is 0.0295. The first-order valence-electron chi connectivity index (χ1n) is 9.13. The highest BCUT2D eigenvalue weighted by Gasteiger charge is 2.31. The second-order valence-electron chi connectivity index (χ2n) is 7.42. The van der Waals surface area contributed by atoms with Crippen LogP contribution >= 0.6 is 11.6 Å². The molecule has 0 spiro atoms. The Morgan fingerprint density at radius 3 is 2.60 bits per heavy atom. The molecule has 0 radical (unpaired) electrons. The second kappa shape index (κ2) is 8.39. The fourth-order valence-corrected chi connectivity index (χ4v) is 4.27. The van der Waals surface area contributed by atoms with E-state index in [0.29, 0.717) is 12.5 Å². The summed E-state index contributed by atoms with van der Waals surface area (Å²) in [6, 6.07) is 4.89. The van der Waals surface area contributed by atoms with Crippen molar-refractivity contribution in [3.63, 3.8) is 0 Å². The summed E-state index contributed by atoms with van der Waals surface area (Å²) in [6.45, 7) is 4.84. The molecule has 2 unspecified atom stereocenters. The minimum Gasteiger partial charge on any atom is -0.506 e. The number of hydrogen-bond acceptors (Lipinski definition) is 4. The number of piperidine rings is 1. The number of carbonyl (C=O) groups excluding carboxylic acids is 1. The number of amides is 1. The molecule has 3 rings (SSSR count). The van der Waals surface area contributed by atoms with Crippen molar-refractivity contribution >= 4 is 17.5 Å².